The number of nitrogens with zero attached hydrogens (tertiary/aromatic N) is 3. The van der Waals surface area contributed by atoms with Crippen LogP contribution >= 0.6 is 0 Å². The predicted molar refractivity (Wildman–Crippen MR) is 100 cm³/mol. The second-order valence-electron chi connectivity index (χ2n) is 6.47. The number of hydrogen-bond donors (Lipinski definition) is 2. The predicted octanol–water partition coefficient (Wildman–Crippen LogP) is 1.64. The molecule has 0 bridgehead atoms. The monoisotopic (exact) mass is 351 g/mol. The van der Waals surface area contributed by atoms with E-state index in [1.807, 2.05) is 6.92 Å². The van der Waals surface area contributed by atoms with E-state index in [0.717, 1.165) is 76.8 Å². The number of ether oxygens (including phenoxy) is 2. The lowest BCUT2D eigenvalue weighted by atomic mass is 10.1. The molecule has 7 nitrogen and oxygen atoms in total. The molecule has 25 heavy (non-hydrogen) atoms. The molecule has 7 heteroatoms. The SMILES string of the molecule is CN=C(NCCCOC1CCOCC1)NCCCn1nc(C)cc1C. The largest absolute Gasteiger partial charge is 0.381 e. The fraction of sp³-hybridized carbons (Fsp3) is 0.778. The summed E-state index contributed by atoms with van der Waals surface area (Å²) in [4.78, 5) is 4.26. The molecule has 0 radical (unpaired) electrons. The number of hydrogen-bond acceptors (Lipinski definition) is 4. The molecule has 0 spiro atoms. The Morgan fingerprint density at radius 2 is 2.00 bits per heavy atom. The van der Waals surface area contributed by atoms with Crippen LogP contribution in [-0.2, 0) is 16.0 Å². The van der Waals surface area contributed by atoms with E-state index in [1.54, 1.807) is 7.05 Å². The summed E-state index contributed by atoms with van der Waals surface area (Å²) in [6, 6.07) is 2.11. The smallest absolute Gasteiger partial charge is 0.190 e. The number of aromatic nitrogens is 2. The quantitative estimate of drug-likeness (QED) is 0.402. The van der Waals surface area contributed by atoms with Crippen LogP contribution in [0.1, 0.15) is 37.1 Å². The highest BCUT2D eigenvalue weighted by atomic mass is 16.5. The Morgan fingerprint density at radius 1 is 1.28 bits per heavy atom. The molecule has 1 aromatic heterocycles. The van der Waals surface area contributed by atoms with Crippen LogP contribution in [-0.4, -0.2) is 61.8 Å². The van der Waals surface area contributed by atoms with Crippen LogP contribution in [0.2, 0.25) is 0 Å². The van der Waals surface area contributed by atoms with E-state index in [2.05, 4.69) is 38.4 Å². The molecular formula is C18H33N5O2. The Morgan fingerprint density at radius 3 is 2.64 bits per heavy atom. The van der Waals surface area contributed by atoms with Gasteiger partial charge in [-0.1, -0.05) is 0 Å². The molecule has 0 aliphatic carbocycles. The Balaban J connectivity index is 1.51. The molecule has 1 aliphatic rings. The van der Waals surface area contributed by atoms with Gasteiger partial charge in [-0.05, 0) is 45.6 Å². The minimum absolute atomic E-state index is 0.376. The molecule has 2 rings (SSSR count). The lowest BCUT2D eigenvalue weighted by Crippen LogP contribution is -2.38. The van der Waals surface area contributed by atoms with Crippen LogP contribution in [0.3, 0.4) is 0 Å². The highest BCUT2D eigenvalue weighted by Gasteiger charge is 2.13. The summed E-state index contributed by atoms with van der Waals surface area (Å²) in [6.45, 7) is 9.22. The van der Waals surface area contributed by atoms with Crippen LogP contribution in [0.5, 0.6) is 0 Å². The van der Waals surface area contributed by atoms with Gasteiger partial charge in [0, 0.05) is 52.2 Å². The third-order valence-electron chi connectivity index (χ3n) is 4.30. The highest BCUT2D eigenvalue weighted by molar-refractivity contribution is 5.79. The van der Waals surface area contributed by atoms with Crippen molar-refractivity contribution in [2.24, 2.45) is 4.99 Å². The second-order valence-corrected chi connectivity index (χ2v) is 6.47. The first-order valence-corrected chi connectivity index (χ1v) is 9.34. The summed E-state index contributed by atoms with van der Waals surface area (Å²) >= 11 is 0. The van der Waals surface area contributed by atoms with E-state index in [1.165, 1.54) is 5.69 Å². The van der Waals surface area contributed by atoms with Crippen molar-refractivity contribution in [3.8, 4) is 0 Å². The zero-order valence-corrected chi connectivity index (χ0v) is 15.9. The van der Waals surface area contributed by atoms with Crippen molar-refractivity contribution in [3.05, 3.63) is 17.5 Å². The van der Waals surface area contributed by atoms with Gasteiger partial charge in [0.15, 0.2) is 5.96 Å². The Hall–Kier alpha value is -1.60. The summed E-state index contributed by atoms with van der Waals surface area (Å²) in [7, 11) is 1.80. The highest BCUT2D eigenvalue weighted by Crippen LogP contribution is 2.10. The van der Waals surface area contributed by atoms with Crippen molar-refractivity contribution < 1.29 is 9.47 Å². The van der Waals surface area contributed by atoms with Crippen molar-refractivity contribution in [1.82, 2.24) is 20.4 Å². The van der Waals surface area contributed by atoms with Crippen LogP contribution in [0.4, 0.5) is 0 Å². The van der Waals surface area contributed by atoms with Crippen LogP contribution in [0.25, 0.3) is 0 Å². The zero-order valence-electron chi connectivity index (χ0n) is 15.9. The van der Waals surface area contributed by atoms with E-state index in [9.17, 15) is 0 Å². The van der Waals surface area contributed by atoms with Gasteiger partial charge in [0.05, 0.1) is 11.8 Å². The van der Waals surface area contributed by atoms with Gasteiger partial charge in [0.2, 0.25) is 0 Å². The van der Waals surface area contributed by atoms with E-state index < -0.39 is 0 Å². The van der Waals surface area contributed by atoms with E-state index in [0.29, 0.717) is 6.10 Å². The van der Waals surface area contributed by atoms with Gasteiger partial charge in [0.25, 0.3) is 0 Å². The summed E-state index contributed by atoms with van der Waals surface area (Å²) in [5, 5.41) is 11.2. The molecule has 0 saturated carbocycles. The van der Waals surface area contributed by atoms with Crippen LogP contribution in [0, 0.1) is 13.8 Å². The lowest BCUT2D eigenvalue weighted by Gasteiger charge is -2.22. The van der Waals surface area contributed by atoms with Crippen LogP contribution in [0.15, 0.2) is 11.1 Å². The zero-order chi connectivity index (χ0) is 17.9. The molecular weight excluding hydrogens is 318 g/mol. The Bertz CT molecular complexity index is 524. The molecule has 2 heterocycles. The number of rotatable bonds is 9. The first kappa shape index (κ1) is 19.7. The van der Waals surface area contributed by atoms with E-state index in [-0.39, 0.29) is 0 Å². The molecule has 2 N–H and O–H groups in total. The van der Waals surface area contributed by atoms with Gasteiger partial charge < -0.3 is 20.1 Å². The van der Waals surface area contributed by atoms with Crippen molar-refractivity contribution >= 4 is 5.96 Å². The van der Waals surface area contributed by atoms with Crippen LogP contribution < -0.4 is 10.6 Å². The molecule has 0 aromatic carbocycles. The average Bonchev–Trinajstić information content (AvgIpc) is 2.94. The normalized spacial score (nSPS) is 16.2. The van der Waals surface area contributed by atoms with Gasteiger partial charge in [-0.2, -0.15) is 5.10 Å². The maximum Gasteiger partial charge on any atom is 0.190 e. The van der Waals surface area contributed by atoms with Crippen molar-refractivity contribution in [2.75, 3.05) is 40.0 Å². The molecule has 1 aliphatic heterocycles. The van der Waals surface area contributed by atoms with Gasteiger partial charge >= 0.3 is 0 Å². The fourth-order valence-electron chi connectivity index (χ4n) is 2.93. The summed E-state index contributed by atoms with van der Waals surface area (Å²) < 4.78 is 13.3. The minimum Gasteiger partial charge on any atom is -0.381 e. The molecule has 1 fully saturated rings. The van der Waals surface area contributed by atoms with E-state index in [4.69, 9.17) is 9.47 Å². The number of guanidine groups is 1. The summed E-state index contributed by atoms with van der Waals surface area (Å²) in [5.74, 6) is 0.847. The van der Waals surface area contributed by atoms with Crippen molar-refractivity contribution in [3.63, 3.8) is 0 Å². The third kappa shape index (κ3) is 7.44. The second kappa shape index (κ2) is 11.1. The average molecular weight is 351 g/mol. The summed E-state index contributed by atoms with van der Waals surface area (Å²) in [6.07, 6.45) is 4.40. The first-order chi connectivity index (χ1) is 12.2. The molecule has 1 aromatic rings. The van der Waals surface area contributed by atoms with E-state index >= 15 is 0 Å². The summed E-state index contributed by atoms with van der Waals surface area (Å²) in [5.41, 5.74) is 2.29. The maximum atomic E-state index is 5.87. The van der Waals surface area contributed by atoms with Gasteiger partial charge in [-0.3, -0.25) is 9.67 Å². The molecule has 142 valence electrons. The molecule has 0 atom stereocenters. The number of aliphatic imine (C=N–C) groups is 1. The third-order valence-corrected chi connectivity index (χ3v) is 4.30. The van der Waals surface area contributed by atoms with Gasteiger partial charge in [0.1, 0.15) is 0 Å². The Kier molecular flexibility index (Phi) is 8.76. The fourth-order valence-corrected chi connectivity index (χ4v) is 2.93. The standard InChI is InChI=1S/C18H33N5O2/c1-15-14-16(2)23(22-15)10-4-8-20-18(19-3)21-9-5-11-25-17-6-12-24-13-7-17/h14,17H,4-13H2,1-3H3,(H2,19,20,21). The number of nitrogens with one attached hydrogen (secondary N) is 2. The van der Waals surface area contributed by atoms with Gasteiger partial charge in [-0.15, -0.1) is 0 Å². The topological polar surface area (TPSA) is 72.7 Å². The first-order valence-electron chi connectivity index (χ1n) is 9.34. The van der Waals surface area contributed by atoms with Gasteiger partial charge in [-0.25, -0.2) is 0 Å². The maximum absolute atomic E-state index is 5.87. The van der Waals surface area contributed by atoms with Crippen molar-refractivity contribution in [1.29, 1.82) is 0 Å². The van der Waals surface area contributed by atoms with Crippen molar-refractivity contribution in [2.45, 2.75) is 52.2 Å². The molecule has 0 unspecified atom stereocenters. The minimum atomic E-state index is 0.376. The number of aryl methyl sites for hydroxylation is 3. The molecule has 0 amide bonds. The lowest BCUT2D eigenvalue weighted by molar-refractivity contribution is -0.0320. The Labute approximate surface area is 151 Å². The molecule has 1 saturated heterocycles.